The highest BCUT2D eigenvalue weighted by Gasteiger charge is 2.35. The van der Waals surface area contributed by atoms with Gasteiger partial charge >= 0.3 is 0 Å². The van der Waals surface area contributed by atoms with Gasteiger partial charge in [-0.25, -0.2) is 0 Å². The smallest absolute Gasteiger partial charge is 0.275 e. The average Bonchev–Trinajstić information content (AvgIpc) is 3.14. The van der Waals surface area contributed by atoms with E-state index in [4.69, 9.17) is 5.10 Å². The number of rotatable bonds is 5. The van der Waals surface area contributed by atoms with Crippen LogP contribution in [0, 0.1) is 5.92 Å². The summed E-state index contributed by atoms with van der Waals surface area (Å²) in [5, 5.41) is 5.07. The average molecular weight is 400 g/mol. The van der Waals surface area contributed by atoms with E-state index < -0.39 is 0 Å². The molecule has 29 heavy (non-hydrogen) atoms. The fourth-order valence-electron chi connectivity index (χ4n) is 6.28. The topological polar surface area (TPSA) is 38.1 Å². The van der Waals surface area contributed by atoms with Gasteiger partial charge in [0.05, 0.1) is 6.04 Å². The van der Waals surface area contributed by atoms with Crippen LogP contribution in [0.1, 0.15) is 126 Å². The molecule has 1 atom stereocenters. The van der Waals surface area contributed by atoms with Crippen molar-refractivity contribution in [2.75, 3.05) is 0 Å². The zero-order valence-electron chi connectivity index (χ0n) is 19.0. The number of fused-ring (bicyclic) bond motifs is 1. The summed E-state index contributed by atoms with van der Waals surface area (Å²) >= 11 is 0. The minimum Gasteiger partial charge on any atom is -0.332 e. The number of carbonyl (C=O) groups is 1. The number of hydrogen-bond acceptors (Lipinski definition) is 2. The minimum absolute atomic E-state index is 0.200. The maximum absolute atomic E-state index is 13.9. The van der Waals surface area contributed by atoms with Crippen molar-refractivity contribution in [3.8, 4) is 0 Å². The lowest BCUT2D eigenvalue weighted by Crippen LogP contribution is -2.47. The first-order valence-electron chi connectivity index (χ1n) is 12.5. The predicted molar refractivity (Wildman–Crippen MR) is 118 cm³/mol. The third kappa shape index (κ3) is 4.27. The molecule has 1 aromatic rings. The van der Waals surface area contributed by atoms with Crippen LogP contribution in [0.5, 0.6) is 0 Å². The largest absolute Gasteiger partial charge is 0.332 e. The summed E-state index contributed by atoms with van der Waals surface area (Å²) in [4.78, 5) is 16.1. The van der Waals surface area contributed by atoms with Crippen LogP contribution in [0.25, 0.3) is 0 Å². The van der Waals surface area contributed by atoms with Crippen LogP contribution in [0.4, 0.5) is 0 Å². The molecule has 4 rings (SSSR count). The van der Waals surface area contributed by atoms with Gasteiger partial charge < -0.3 is 4.90 Å². The highest BCUT2D eigenvalue weighted by molar-refractivity contribution is 5.94. The Morgan fingerprint density at radius 2 is 1.52 bits per heavy atom. The summed E-state index contributed by atoms with van der Waals surface area (Å²) in [6.45, 7) is 6.65. The Labute approximate surface area is 177 Å². The molecule has 2 saturated carbocycles. The number of carbonyl (C=O) groups excluding carboxylic acids is 1. The molecule has 0 N–H and O–H groups in total. The summed E-state index contributed by atoms with van der Waals surface area (Å²) < 4.78 is 2.31. The molecule has 0 aliphatic heterocycles. The van der Waals surface area contributed by atoms with E-state index >= 15 is 0 Å². The molecular weight excluding hydrogens is 358 g/mol. The maximum atomic E-state index is 13.9. The van der Waals surface area contributed by atoms with Crippen molar-refractivity contribution in [1.29, 1.82) is 0 Å². The first kappa shape index (κ1) is 20.9. The van der Waals surface area contributed by atoms with E-state index in [1.54, 1.807) is 0 Å². The van der Waals surface area contributed by atoms with Crippen molar-refractivity contribution in [3.63, 3.8) is 0 Å². The lowest BCUT2D eigenvalue weighted by atomic mass is 9.83. The Hall–Kier alpha value is -1.32. The van der Waals surface area contributed by atoms with E-state index in [1.807, 2.05) is 0 Å². The van der Waals surface area contributed by atoms with Crippen molar-refractivity contribution in [3.05, 3.63) is 17.0 Å². The van der Waals surface area contributed by atoms with Crippen LogP contribution in [-0.2, 0) is 12.8 Å². The van der Waals surface area contributed by atoms with Crippen molar-refractivity contribution in [2.24, 2.45) is 5.92 Å². The SMILES string of the molecule is CC(C)N(C(=O)c1nn(C2CCCCC2)c2c1CCCC2)[C@H](C)C1CCCCC1. The molecule has 3 aliphatic carbocycles. The molecule has 0 unspecified atom stereocenters. The van der Waals surface area contributed by atoms with Crippen molar-refractivity contribution < 1.29 is 4.79 Å². The van der Waals surface area contributed by atoms with Gasteiger partial charge in [0.15, 0.2) is 5.69 Å². The molecular formula is C25H41N3O. The number of amides is 1. The molecule has 1 aromatic heterocycles. The van der Waals surface area contributed by atoms with Gasteiger partial charge in [-0.3, -0.25) is 9.48 Å². The third-order valence-corrected chi connectivity index (χ3v) is 7.89. The Kier molecular flexibility index (Phi) is 6.66. The summed E-state index contributed by atoms with van der Waals surface area (Å²) in [7, 11) is 0. The zero-order chi connectivity index (χ0) is 20.4. The first-order chi connectivity index (χ1) is 14.1. The van der Waals surface area contributed by atoms with Crippen LogP contribution in [-0.4, -0.2) is 32.7 Å². The molecule has 0 radical (unpaired) electrons. The van der Waals surface area contributed by atoms with E-state index in [0.717, 1.165) is 18.5 Å². The Morgan fingerprint density at radius 3 is 2.17 bits per heavy atom. The minimum atomic E-state index is 0.200. The second kappa shape index (κ2) is 9.22. The number of nitrogens with zero attached hydrogens (tertiary/aromatic N) is 3. The second-order valence-corrected chi connectivity index (χ2v) is 10.2. The summed E-state index contributed by atoms with van der Waals surface area (Å²) in [5.74, 6) is 0.845. The van der Waals surface area contributed by atoms with E-state index in [-0.39, 0.29) is 11.9 Å². The first-order valence-corrected chi connectivity index (χ1v) is 12.5. The van der Waals surface area contributed by atoms with Gasteiger partial charge in [0.2, 0.25) is 0 Å². The molecule has 0 spiro atoms. The highest BCUT2D eigenvalue weighted by atomic mass is 16.2. The van der Waals surface area contributed by atoms with Gasteiger partial charge in [0.1, 0.15) is 0 Å². The standard InChI is InChI=1S/C25H41N3O/c1-18(2)27(19(3)20-12-6-4-7-13-20)25(29)24-22-16-10-11-17-23(22)28(26-24)21-14-8-5-9-15-21/h18-21H,4-17H2,1-3H3/t19-/m1/s1. The summed E-state index contributed by atoms with van der Waals surface area (Å²) in [5.41, 5.74) is 3.47. The maximum Gasteiger partial charge on any atom is 0.275 e. The third-order valence-electron chi connectivity index (χ3n) is 7.89. The molecule has 3 aliphatic rings. The van der Waals surface area contributed by atoms with E-state index in [2.05, 4.69) is 30.4 Å². The van der Waals surface area contributed by atoms with Crippen LogP contribution in [0.15, 0.2) is 0 Å². The fourth-order valence-corrected chi connectivity index (χ4v) is 6.28. The monoisotopic (exact) mass is 399 g/mol. The number of hydrogen-bond donors (Lipinski definition) is 0. The lowest BCUT2D eigenvalue weighted by molar-refractivity contribution is 0.0503. The molecule has 162 valence electrons. The molecule has 2 fully saturated rings. The molecule has 4 nitrogen and oxygen atoms in total. The van der Waals surface area contributed by atoms with Crippen LogP contribution >= 0.6 is 0 Å². The van der Waals surface area contributed by atoms with Gasteiger partial charge in [0, 0.05) is 23.3 Å². The normalized spacial score (nSPS) is 22.5. The van der Waals surface area contributed by atoms with E-state index in [0.29, 0.717) is 18.0 Å². The van der Waals surface area contributed by atoms with Crippen LogP contribution in [0.2, 0.25) is 0 Å². The fraction of sp³-hybridized carbons (Fsp3) is 0.840. The highest BCUT2D eigenvalue weighted by Crippen LogP contribution is 2.35. The van der Waals surface area contributed by atoms with Gasteiger partial charge in [0.25, 0.3) is 5.91 Å². The Balaban J connectivity index is 1.64. The van der Waals surface area contributed by atoms with Gasteiger partial charge in [-0.15, -0.1) is 0 Å². The molecule has 0 bridgehead atoms. The molecule has 0 saturated heterocycles. The van der Waals surface area contributed by atoms with E-state index in [1.165, 1.54) is 88.3 Å². The zero-order valence-corrected chi connectivity index (χ0v) is 19.0. The summed E-state index contributed by atoms with van der Waals surface area (Å²) in [6.07, 6.45) is 17.5. The molecule has 1 heterocycles. The lowest BCUT2D eigenvalue weighted by Gasteiger charge is -2.39. The van der Waals surface area contributed by atoms with Crippen molar-refractivity contribution in [1.82, 2.24) is 14.7 Å². The van der Waals surface area contributed by atoms with E-state index in [9.17, 15) is 4.79 Å². The van der Waals surface area contributed by atoms with Crippen LogP contribution in [0.3, 0.4) is 0 Å². The Morgan fingerprint density at radius 1 is 0.897 bits per heavy atom. The molecule has 1 amide bonds. The van der Waals surface area contributed by atoms with Crippen molar-refractivity contribution in [2.45, 2.75) is 129 Å². The quantitative estimate of drug-likeness (QED) is 0.601. The summed E-state index contributed by atoms with van der Waals surface area (Å²) in [6, 6.07) is 1.04. The van der Waals surface area contributed by atoms with Gasteiger partial charge in [-0.05, 0) is 78.1 Å². The van der Waals surface area contributed by atoms with Crippen LogP contribution < -0.4 is 0 Å². The van der Waals surface area contributed by atoms with Crippen molar-refractivity contribution >= 4 is 5.91 Å². The predicted octanol–water partition coefficient (Wildman–Crippen LogP) is 6.09. The van der Waals surface area contributed by atoms with Gasteiger partial charge in [-0.2, -0.15) is 5.10 Å². The molecule has 4 heteroatoms. The second-order valence-electron chi connectivity index (χ2n) is 10.2. The number of aromatic nitrogens is 2. The molecule has 0 aromatic carbocycles. The Bertz CT molecular complexity index is 695. The van der Waals surface area contributed by atoms with Gasteiger partial charge in [-0.1, -0.05) is 38.5 Å².